The van der Waals surface area contributed by atoms with E-state index >= 15 is 0 Å². The summed E-state index contributed by atoms with van der Waals surface area (Å²) in [5.41, 5.74) is 3.23. The second-order valence-electron chi connectivity index (χ2n) is 6.94. The van der Waals surface area contributed by atoms with Gasteiger partial charge in [0.05, 0.1) is 32.2 Å². The molecule has 0 amide bonds. The van der Waals surface area contributed by atoms with E-state index in [0.717, 1.165) is 34.0 Å². The number of hydrogen-bond donors (Lipinski definition) is 1. The zero-order valence-corrected chi connectivity index (χ0v) is 18.3. The molecule has 0 spiro atoms. The number of aryl methyl sites for hydroxylation is 2. The number of methoxy groups -OCH3 is 2. The van der Waals surface area contributed by atoms with E-state index in [1.54, 1.807) is 18.7 Å². The summed E-state index contributed by atoms with van der Waals surface area (Å²) in [6, 6.07) is 13.3. The zero-order chi connectivity index (χ0) is 22.0. The van der Waals surface area contributed by atoms with E-state index in [-0.39, 0.29) is 0 Å². The van der Waals surface area contributed by atoms with Crippen LogP contribution in [0.25, 0.3) is 16.9 Å². The first-order valence-corrected chi connectivity index (χ1v) is 10.00. The van der Waals surface area contributed by atoms with Gasteiger partial charge in [-0.3, -0.25) is 0 Å². The molecule has 0 saturated carbocycles. The molecule has 31 heavy (non-hydrogen) atoms. The van der Waals surface area contributed by atoms with Crippen LogP contribution in [0.3, 0.4) is 0 Å². The highest BCUT2D eigenvalue weighted by atomic mass is 16.5. The first kappa shape index (κ1) is 20.5. The topological polar surface area (TPSA) is 82.8 Å². The minimum atomic E-state index is 0.515. The van der Waals surface area contributed by atoms with Gasteiger partial charge in [0.25, 0.3) is 0 Å². The molecule has 2 heterocycles. The third-order valence-electron chi connectivity index (χ3n) is 4.88. The second kappa shape index (κ2) is 8.51. The second-order valence-corrected chi connectivity index (χ2v) is 6.94. The molecule has 0 saturated heterocycles. The smallest absolute Gasteiger partial charge is 0.182 e. The summed E-state index contributed by atoms with van der Waals surface area (Å²) in [4.78, 5) is 9.44. The predicted molar refractivity (Wildman–Crippen MR) is 120 cm³/mol. The predicted octanol–water partition coefficient (Wildman–Crippen LogP) is 4.57. The zero-order valence-electron chi connectivity index (χ0n) is 18.3. The molecule has 2 aromatic heterocycles. The maximum absolute atomic E-state index is 5.77. The SMILES string of the molecule is CCOc1ccccc1Nc1nc(-c2cc(OC)cc(OC)c2)nn2c(C)nc(C)c12. The summed E-state index contributed by atoms with van der Waals surface area (Å²) < 4.78 is 18.4. The Hall–Kier alpha value is -3.81. The van der Waals surface area contributed by atoms with Gasteiger partial charge in [-0.05, 0) is 45.0 Å². The fourth-order valence-corrected chi connectivity index (χ4v) is 3.45. The Morgan fingerprint density at radius 2 is 1.68 bits per heavy atom. The van der Waals surface area contributed by atoms with Crippen LogP contribution in [0, 0.1) is 13.8 Å². The number of benzene rings is 2. The minimum Gasteiger partial charge on any atom is -0.497 e. The van der Waals surface area contributed by atoms with Crippen molar-refractivity contribution < 1.29 is 14.2 Å². The number of nitrogens with zero attached hydrogens (tertiary/aromatic N) is 4. The van der Waals surface area contributed by atoms with Gasteiger partial charge in [0, 0.05) is 11.6 Å². The van der Waals surface area contributed by atoms with E-state index in [1.165, 1.54) is 0 Å². The quantitative estimate of drug-likeness (QED) is 0.470. The van der Waals surface area contributed by atoms with E-state index in [4.69, 9.17) is 24.3 Å². The van der Waals surface area contributed by atoms with Crippen molar-refractivity contribution >= 4 is 17.0 Å². The van der Waals surface area contributed by atoms with Crippen molar-refractivity contribution in [3.05, 3.63) is 54.0 Å². The molecule has 2 aromatic carbocycles. The van der Waals surface area contributed by atoms with Crippen LogP contribution >= 0.6 is 0 Å². The number of para-hydroxylation sites is 2. The first-order chi connectivity index (χ1) is 15.0. The Kier molecular flexibility index (Phi) is 5.62. The van der Waals surface area contributed by atoms with Crippen LogP contribution in [0.4, 0.5) is 11.5 Å². The van der Waals surface area contributed by atoms with Gasteiger partial charge in [0.15, 0.2) is 11.6 Å². The number of rotatable bonds is 7. The number of fused-ring (bicyclic) bond motifs is 1. The summed E-state index contributed by atoms with van der Waals surface area (Å²) in [6.07, 6.45) is 0. The van der Waals surface area contributed by atoms with Gasteiger partial charge < -0.3 is 19.5 Å². The molecule has 0 fully saturated rings. The van der Waals surface area contributed by atoms with E-state index in [1.807, 2.05) is 63.2 Å². The maximum atomic E-state index is 5.77. The molecule has 8 nitrogen and oxygen atoms in total. The largest absolute Gasteiger partial charge is 0.497 e. The number of hydrogen-bond acceptors (Lipinski definition) is 7. The monoisotopic (exact) mass is 419 g/mol. The molecule has 0 bridgehead atoms. The lowest BCUT2D eigenvalue weighted by atomic mass is 10.2. The Morgan fingerprint density at radius 1 is 0.968 bits per heavy atom. The van der Waals surface area contributed by atoms with Gasteiger partial charge in [-0.15, -0.1) is 5.10 Å². The lowest BCUT2D eigenvalue weighted by molar-refractivity contribution is 0.342. The lowest BCUT2D eigenvalue weighted by Gasteiger charge is -2.14. The fraction of sp³-hybridized carbons (Fsp3) is 0.261. The lowest BCUT2D eigenvalue weighted by Crippen LogP contribution is -2.06. The summed E-state index contributed by atoms with van der Waals surface area (Å²) in [5.74, 6) is 3.99. The molecule has 0 radical (unpaired) electrons. The Balaban J connectivity index is 1.90. The van der Waals surface area contributed by atoms with Crippen LogP contribution in [-0.2, 0) is 0 Å². The third-order valence-corrected chi connectivity index (χ3v) is 4.88. The number of anilines is 2. The van der Waals surface area contributed by atoms with Crippen LogP contribution in [-0.4, -0.2) is 40.4 Å². The number of ether oxygens (including phenoxy) is 3. The van der Waals surface area contributed by atoms with Crippen LogP contribution in [0.5, 0.6) is 17.2 Å². The van der Waals surface area contributed by atoms with Crippen molar-refractivity contribution in [1.29, 1.82) is 0 Å². The molecular weight excluding hydrogens is 394 g/mol. The Labute approximate surface area is 180 Å². The molecule has 0 aliphatic rings. The summed E-state index contributed by atoms with van der Waals surface area (Å²) in [7, 11) is 3.23. The summed E-state index contributed by atoms with van der Waals surface area (Å²) in [6.45, 7) is 6.39. The third kappa shape index (κ3) is 3.96. The van der Waals surface area contributed by atoms with Crippen LogP contribution in [0.15, 0.2) is 42.5 Å². The van der Waals surface area contributed by atoms with Gasteiger partial charge in [0.2, 0.25) is 0 Å². The van der Waals surface area contributed by atoms with Gasteiger partial charge in [-0.25, -0.2) is 14.5 Å². The number of nitrogens with one attached hydrogen (secondary N) is 1. The average molecular weight is 419 g/mol. The molecule has 1 N–H and O–H groups in total. The molecular formula is C23H25N5O3. The highest BCUT2D eigenvalue weighted by Gasteiger charge is 2.18. The van der Waals surface area contributed by atoms with E-state index in [2.05, 4.69) is 10.3 Å². The molecule has 160 valence electrons. The van der Waals surface area contributed by atoms with Crippen molar-refractivity contribution in [3.8, 4) is 28.6 Å². The van der Waals surface area contributed by atoms with Gasteiger partial charge >= 0.3 is 0 Å². The van der Waals surface area contributed by atoms with E-state index in [9.17, 15) is 0 Å². The molecule has 4 rings (SSSR count). The summed E-state index contributed by atoms with van der Waals surface area (Å²) >= 11 is 0. The minimum absolute atomic E-state index is 0.515. The van der Waals surface area contributed by atoms with Gasteiger partial charge in [0.1, 0.15) is 28.6 Å². The normalized spacial score (nSPS) is 10.9. The summed E-state index contributed by atoms with van der Waals surface area (Å²) in [5, 5.41) is 8.16. The fourth-order valence-electron chi connectivity index (χ4n) is 3.45. The molecule has 0 atom stereocenters. The van der Waals surface area contributed by atoms with Crippen molar-refractivity contribution in [3.63, 3.8) is 0 Å². The van der Waals surface area contributed by atoms with Crippen molar-refractivity contribution in [2.24, 2.45) is 0 Å². The van der Waals surface area contributed by atoms with E-state index < -0.39 is 0 Å². The van der Waals surface area contributed by atoms with Crippen molar-refractivity contribution in [2.75, 3.05) is 26.1 Å². The van der Waals surface area contributed by atoms with Crippen LogP contribution in [0.1, 0.15) is 18.4 Å². The van der Waals surface area contributed by atoms with Crippen molar-refractivity contribution in [1.82, 2.24) is 19.6 Å². The van der Waals surface area contributed by atoms with Crippen LogP contribution in [0.2, 0.25) is 0 Å². The average Bonchev–Trinajstić information content (AvgIpc) is 3.08. The maximum Gasteiger partial charge on any atom is 0.182 e. The van der Waals surface area contributed by atoms with Crippen LogP contribution < -0.4 is 19.5 Å². The van der Waals surface area contributed by atoms with Gasteiger partial charge in [-0.2, -0.15) is 0 Å². The molecule has 0 aliphatic carbocycles. The molecule has 0 aliphatic heterocycles. The highest BCUT2D eigenvalue weighted by molar-refractivity contribution is 5.79. The standard InChI is InChI=1S/C23H25N5O3/c1-6-31-20-10-8-7-9-19(20)25-23-21-14(2)24-15(3)28(21)27-22(26-23)16-11-17(29-4)13-18(12-16)30-5/h7-13H,6H2,1-5H3,(H,25,26,27). The first-order valence-electron chi connectivity index (χ1n) is 10.00. The molecule has 4 aromatic rings. The van der Waals surface area contributed by atoms with Crippen molar-refractivity contribution in [2.45, 2.75) is 20.8 Å². The highest BCUT2D eigenvalue weighted by Crippen LogP contribution is 2.33. The van der Waals surface area contributed by atoms with Gasteiger partial charge in [-0.1, -0.05) is 12.1 Å². The Morgan fingerprint density at radius 3 is 2.35 bits per heavy atom. The van der Waals surface area contributed by atoms with E-state index in [0.29, 0.717) is 29.7 Å². The number of aromatic nitrogens is 4. The Bertz CT molecular complexity index is 1210. The number of imidazole rings is 1. The molecule has 8 heteroatoms. The molecule has 0 unspecified atom stereocenters.